The minimum absolute atomic E-state index is 0.0352. The second-order valence-electron chi connectivity index (χ2n) is 6.76. The predicted molar refractivity (Wildman–Crippen MR) is 96.8 cm³/mol. The van der Waals surface area contributed by atoms with E-state index in [0.29, 0.717) is 25.1 Å². The molecule has 0 bridgehead atoms. The monoisotopic (exact) mass is 380 g/mol. The lowest BCUT2D eigenvalue weighted by Gasteiger charge is -2.34. The number of aromatic nitrogens is 1. The van der Waals surface area contributed by atoms with Gasteiger partial charge in [0.2, 0.25) is 0 Å². The molecule has 0 spiro atoms. The van der Waals surface area contributed by atoms with Crippen LogP contribution in [0.3, 0.4) is 0 Å². The Balaban J connectivity index is 1.64. The maximum Gasteiger partial charge on any atom is 0.255 e. The molecular formula is C17H24N4O4S. The first kappa shape index (κ1) is 18.8. The number of hydrogen-bond donors (Lipinski definition) is 1. The molecule has 142 valence electrons. The molecule has 2 fully saturated rings. The third-order valence-electron chi connectivity index (χ3n) is 4.92. The Hall–Kier alpha value is -2.00. The Morgan fingerprint density at radius 3 is 2.50 bits per heavy atom. The Morgan fingerprint density at radius 1 is 1.19 bits per heavy atom. The van der Waals surface area contributed by atoms with Crippen molar-refractivity contribution >= 4 is 21.7 Å². The van der Waals surface area contributed by atoms with E-state index in [2.05, 4.69) is 22.1 Å². The van der Waals surface area contributed by atoms with Gasteiger partial charge in [0.25, 0.3) is 11.8 Å². The number of hydrogen-bond acceptors (Lipinski definition) is 6. The lowest BCUT2D eigenvalue weighted by molar-refractivity contribution is 0.0643. The normalized spacial score (nSPS) is 23.0. The molecule has 1 N–H and O–H groups in total. The van der Waals surface area contributed by atoms with Crippen LogP contribution in [0.15, 0.2) is 18.5 Å². The van der Waals surface area contributed by atoms with Gasteiger partial charge in [0, 0.05) is 44.6 Å². The van der Waals surface area contributed by atoms with Crippen LogP contribution in [0.1, 0.15) is 34.1 Å². The molecule has 3 heterocycles. The zero-order valence-corrected chi connectivity index (χ0v) is 15.7. The number of nitrogens with one attached hydrogen (secondary N) is 1. The van der Waals surface area contributed by atoms with Gasteiger partial charge in [-0.2, -0.15) is 0 Å². The summed E-state index contributed by atoms with van der Waals surface area (Å²) in [5.74, 6) is -0.471. The summed E-state index contributed by atoms with van der Waals surface area (Å²) in [5.41, 5.74) is 0.647. The number of carbonyl (C=O) groups is 2. The number of rotatable bonds is 4. The standard InChI is InChI=1S/C17H24N4O4S/c1-2-20-4-6-21(7-5-20)17(23)14-9-13(10-18-11-14)16(22)19-15-3-8-26(24,25)12-15/h9-11,15H,2-8,12H2,1H3,(H,19,22). The van der Waals surface area contributed by atoms with Gasteiger partial charge in [-0.3, -0.25) is 14.6 Å². The van der Waals surface area contributed by atoms with Gasteiger partial charge in [0.15, 0.2) is 9.84 Å². The van der Waals surface area contributed by atoms with Gasteiger partial charge in [-0.25, -0.2) is 8.42 Å². The first-order valence-electron chi connectivity index (χ1n) is 8.86. The summed E-state index contributed by atoms with van der Waals surface area (Å²) in [5, 5.41) is 2.72. The van der Waals surface area contributed by atoms with Gasteiger partial charge in [0.05, 0.1) is 22.6 Å². The molecule has 26 heavy (non-hydrogen) atoms. The zero-order valence-electron chi connectivity index (χ0n) is 14.8. The molecule has 9 heteroatoms. The predicted octanol–water partition coefficient (Wildman–Crippen LogP) is -0.224. The molecule has 2 amide bonds. The summed E-state index contributed by atoms with van der Waals surface area (Å²) in [6, 6.07) is 1.15. The molecule has 1 aromatic rings. The fourth-order valence-corrected chi connectivity index (χ4v) is 4.98. The number of likely N-dealkylation sites (N-methyl/N-ethyl adjacent to an activating group) is 1. The van der Waals surface area contributed by atoms with Crippen LogP contribution in [-0.2, 0) is 9.84 Å². The van der Waals surface area contributed by atoms with E-state index in [1.165, 1.54) is 18.5 Å². The highest BCUT2D eigenvalue weighted by Gasteiger charge is 2.29. The van der Waals surface area contributed by atoms with E-state index in [4.69, 9.17) is 0 Å². The zero-order chi connectivity index (χ0) is 18.7. The SMILES string of the molecule is CCN1CCN(C(=O)c2cncc(C(=O)NC3CCS(=O)(=O)C3)c2)CC1. The van der Waals surface area contributed by atoms with E-state index < -0.39 is 15.7 Å². The van der Waals surface area contributed by atoms with E-state index in [-0.39, 0.29) is 29.0 Å². The quantitative estimate of drug-likeness (QED) is 0.775. The lowest BCUT2D eigenvalue weighted by atomic mass is 10.1. The van der Waals surface area contributed by atoms with Crippen LogP contribution in [0, 0.1) is 0 Å². The van der Waals surface area contributed by atoms with Gasteiger partial charge < -0.3 is 15.1 Å². The average Bonchev–Trinajstić information content (AvgIpc) is 2.99. The number of piperazine rings is 1. The molecule has 0 radical (unpaired) electrons. The first-order valence-corrected chi connectivity index (χ1v) is 10.7. The van der Waals surface area contributed by atoms with Crippen molar-refractivity contribution in [2.75, 3.05) is 44.2 Å². The van der Waals surface area contributed by atoms with Gasteiger partial charge in [-0.1, -0.05) is 6.92 Å². The summed E-state index contributed by atoms with van der Waals surface area (Å²) >= 11 is 0. The molecule has 1 unspecified atom stereocenters. The fraction of sp³-hybridized carbons (Fsp3) is 0.588. The van der Waals surface area contributed by atoms with E-state index >= 15 is 0 Å². The smallest absolute Gasteiger partial charge is 0.255 e. The Labute approximate surface area is 153 Å². The number of carbonyl (C=O) groups excluding carboxylic acids is 2. The maximum atomic E-state index is 12.7. The highest BCUT2D eigenvalue weighted by Crippen LogP contribution is 2.13. The molecule has 8 nitrogen and oxygen atoms in total. The Morgan fingerprint density at radius 2 is 1.88 bits per heavy atom. The van der Waals surface area contributed by atoms with Crippen molar-refractivity contribution in [2.45, 2.75) is 19.4 Å². The Bertz CT molecular complexity index is 788. The summed E-state index contributed by atoms with van der Waals surface area (Å²) in [4.78, 5) is 33.1. The van der Waals surface area contributed by atoms with E-state index in [1.54, 1.807) is 4.90 Å². The van der Waals surface area contributed by atoms with Gasteiger partial charge >= 0.3 is 0 Å². The lowest BCUT2D eigenvalue weighted by Crippen LogP contribution is -2.48. The van der Waals surface area contributed by atoms with E-state index in [9.17, 15) is 18.0 Å². The second kappa shape index (κ2) is 7.71. The fourth-order valence-electron chi connectivity index (χ4n) is 3.31. The molecule has 2 saturated heterocycles. The van der Waals surface area contributed by atoms with E-state index in [0.717, 1.165) is 19.6 Å². The Kier molecular flexibility index (Phi) is 5.57. The third-order valence-corrected chi connectivity index (χ3v) is 6.69. The molecule has 0 saturated carbocycles. The largest absolute Gasteiger partial charge is 0.348 e. The molecule has 0 aliphatic carbocycles. The highest BCUT2D eigenvalue weighted by atomic mass is 32.2. The highest BCUT2D eigenvalue weighted by molar-refractivity contribution is 7.91. The molecule has 2 aliphatic heterocycles. The van der Waals surface area contributed by atoms with Gasteiger partial charge in [-0.15, -0.1) is 0 Å². The second-order valence-corrected chi connectivity index (χ2v) is 8.99. The molecule has 0 aromatic carbocycles. The van der Waals surface area contributed by atoms with Crippen molar-refractivity contribution in [1.82, 2.24) is 20.1 Å². The van der Waals surface area contributed by atoms with Gasteiger partial charge in [-0.05, 0) is 19.0 Å². The number of pyridine rings is 1. The molecule has 1 atom stereocenters. The number of sulfone groups is 1. The maximum absolute atomic E-state index is 12.7. The van der Waals surface area contributed by atoms with Crippen molar-refractivity contribution in [3.8, 4) is 0 Å². The first-order chi connectivity index (χ1) is 12.4. The van der Waals surface area contributed by atoms with Crippen LogP contribution in [0.25, 0.3) is 0 Å². The van der Waals surface area contributed by atoms with Crippen LogP contribution in [0.2, 0.25) is 0 Å². The minimum atomic E-state index is -3.06. The molecule has 1 aromatic heterocycles. The van der Waals surface area contributed by atoms with Crippen molar-refractivity contribution in [3.63, 3.8) is 0 Å². The van der Waals surface area contributed by atoms with Crippen molar-refractivity contribution in [3.05, 3.63) is 29.6 Å². The number of nitrogens with zero attached hydrogens (tertiary/aromatic N) is 3. The van der Waals surface area contributed by atoms with Crippen LogP contribution in [-0.4, -0.2) is 85.3 Å². The summed E-state index contributed by atoms with van der Waals surface area (Å²) in [6.45, 7) is 6.05. The van der Waals surface area contributed by atoms with Crippen LogP contribution >= 0.6 is 0 Å². The van der Waals surface area contributed by atoms with Crippen LogP contribution in [0.4, 0.5) is 0 Å². The van der Waals surface area contributed by atoms with Crippen LogP contribution < -0.4 is 5.32 Å². The molecule has 2 aliphatic rings. The topological polar surface area (TPSA) is 99.7 Å². The average molecular weight is 380 g/mol. The van der Waals surface area contributed by atoms with Crippen LogP contribution in [0.5, 0.6) is 0 Å². The molecule has 3 rings (SSSR count). The van der Waals surface area contributed by atoms with Crippen molar-refractivity contribution in [2.24, 2.45) is 0 Å². The minimum Gasteiger partial charge on any atom is -0.348 e. The van der Waals surface area contributed by atoms with Crippen molar-refractivity contribution < 1.29 is 18.0 Å². The van der Waals surface area contributed by atoms with Crippen molar-refractivity contribution in [1.29, 1.82) is 0 Å². The summed E-state index contributed by atoms with van der Waals surface area (Å²) in [6.07, 6.45) is 3.28. The number of amides is 2. The van der Waals surface area contributed by atoms with E-state index in [1.807, 2.05) is 0 Å². The summed E-state index contributed by atoms with van der Waals surface area (Å²) < 4.78 is 23.0. The third kappa shape index (κ3) is 4.39. The molecular weight excluding hydrogens is 356 g/mol. The summed E-state index contributed by atoms with van der Waals surface area (Å²) in [7, 11) is -3.06. The van der Waals surface area contributed by atoms with Gasteiger partial charge in [0.1, 0.15) is 0 Å².